The minimum Gasteiger partial charge on any atom is -0.384 e. The highest BCUT2D eigenvalue weighted by molar-refractivity contribution is 5.56. The van der Waals surface area contributed by atoms with Gasteiger partial charge in [-0.05, 0) is 43.2 Å². The van der Waals surface area contributed by atoms with Gasteiger partial charge in [-0.1, -0.05) is 18.2 Å². The average Bonchev–Trinajstić information content (AvgIpc) is 2.74. The molecule has 164 valence electrons. The fraction of sp³-hybridized carbons (Fsp3) is 0.455. The summed E-state index contributed by atoms with van der Waals surface area (Å²) < 4.78 is 57.0. The van der Waals surface area contributed by atoms with E-state index in [2.05, 4.69) is 10.6 Å². The van der Waals surface area contributed by atoms with E-state index in [1.807, 2.05) is 0 Å². The third kappa shape index (κ3) is 5.93. The van der Waals surface area contributed by atoms with Crippen molar-refractivity contribution in [2.24, 2.45) is 11.7 Å². The van der Waals surface area contributed by atoms with Gasteiger partial charge in [-0.15, -0.1) is 0 Å². The molecule has 2 aromatic rings. The quantitative estimate of drug-likeness (QED) is 0.504. The molecule has 3 unspecified atom stereocenters. The Balaban J connectivity index is 0.000000310. The van der Waals surface area contributed by atoms with Gasteiger partial charge in [0.05, 0.1) is 17.8 Å². The Morgan fingerprint density at radius 2 is 1.87 bits per heavy atom. The van der Waals surface area contributed by atoms with Gasteiger partial charge >= 0.3 is 6.18 Å². The van der Waals surface area contributed by atoms with Crippen LogP contribution in [0.15, 0.2) is 48.5 Å². The Morgan fingerprint density at radius 1 is 1.10 bits per heavy atom. The Kier molecular flexibility index (Phi) is 7.69. The van der Waals surface area contributed by atoms with E-state index >= 15 is 0 Å². The summed E-state index contributed by atoms with van der Waals surface area (Å²) in [6.07, 6.45) is -2.73. The number of rotatable bonds is 4. The largest absolute Gasteiger partial charge is 0.416 e. The first-order valence-electron chi connectivity index (χ1n) is 10.1. The molecule has 2 aromatic carbocycles. The van der Waals surface area contributed by atoms with Crippen LogP contribution in [0.4, 0.5) is 23.2 Å². The average molecular weight is 425 g/mol. The Bertz CT molecular complexity index is 801. The highest BCUT2D eigenvalue weighted by Crippen LogP contribution is 2.44. The van der Waals surface area contributed by atoms with E-state index in [-0.39, 0.29) is 23.9 Å². The lowest BCUT2D eigenvalue weighted by Gasteiger charge is -2.41. The summed E-state index contributed by atoms with van der Waals surface area (Å²) in [6, 6.07) is 11.8. The highest BCUT2D eigenvalue weighted by Gasteiger charge is 2.38. The zero-order valence-electron chi connectivity index (χ0n) is 16.6. The van der Waals surface area contributed by atoms with Crippen LogP contribution < -0.4 is 16.4 Å². The van der Waals surface area contributed by atoms with Gasteiger partial charge in [-0.25, -0.2) is 4.39 Å². The second-order valence-corrected chi connectivity index (χ2v) is 7.49. The second kappa shape index (κ2) is 10.2. The number of benzene rings is 2. The van der Waals surface area contributed by atoms with Gasteiger partial charge in [0.25, 0.3) is 0 Å². The van der Waals surface area contributed by atoms with E-state index in [1.165, 1.54) is 24.3 Å². The van der Waals surface area contributed by atoms with Gasteiger partial charge in [0.2, 0.25) is 0 Å². The van der Waals surface area contributed by atoms with Crippen LogP contribution in [0.3, 0.4) is 0 Å². The molecule has 0 aromatic heterocycles. The maximum atomic E-state index is 13.0. The first kappa shape index (κ1) is 22.5. The molecule has 4 N–H and O–H groups in total. The summed E-state index contributed by atoms with van der Waals surface area (Å²) >= 11 is 0. The molecule has 0 bridgehead atoms. The van der Waals surface area contributed by atoms with Crippen molar-refractivity contribution in [3.63, 3.8) is 0 Å². The maximum Gasteiger partial charge on any atom is 0.416 e. The van der Waals surface area contributed by atoms with Crippen LogP contribution in [0.25, 0.3) is 0 Å². The molecule has 30 heavy (non-hydrogen) atoms. The number of nitrogens with two attached hydrogens (primary N) is 1. The molecule has 2 aliphatic heterocycles. The monoisotopic (exact) mass is 425 g/mol. The van der Waals surface area contributed by atoms with Crippen molar-refractivity contribution in [2.75, 3.05) is 31.5 Å². The zero-order chi connectivity index (χ0) is 21.6. The number of ether oxygens (including phenoxy) is 1. The van der Waals surface area contributed by atoms with Crippen LogP contribution in [0.2, 0.25) is 0 Å². The molecule has 1 fully saturated rings. The van der Waals surface area contributed by atoms with E-state index in [0.717, 1.165) is 31.1 Å². The molecule has 8 heteroatoms. The number of nitrogens with one attached hydrogen (secondary N) is 2. The summed E-state index contributed by atoms with van der Waals surface area (Å²) in [6.45, 7) is 2.69. The van der Waals surface area contributed by atoms with Crippen LogP contribution in [0.5, 0.6) is 0 Å². The molecule has 2 heterocycles. The van der Waals surface area contributed by atoms with Crippen LogP contribution in [0, 0.1) is 11.7 Å². The van der Waals surface area contributed by atoms with E-state index in [0.29, 0.717) is 25.2 Å². The van der Waals surface area contributed by atoms with E-state index in [9.17, 15) is 17.6 Å². The van der Waals surface area contributed by atoms with Crippen molar-refractivity contribution in [1.29, 1.82) is 0 Å². The van der Waals surface area contributed by atoms with Gasteiger partial charge in [0.15, 0.2) is 0 Å². The van der Waals surface area contributed by atoms with Gasteiger partial charge < -0.3 is 21.1 Å². The van der Waals surface area contributed by atoms with Crippen molar-refractivity contribution in [3.05, 3.63) is 65.5 Å². The maximum absolute atomic E-state index is 13.0. The molecule has 0 aliphatic carbocycles. The van der Waals surface area contributed by atoms with Gasteiger partial charge in [0.1, 0.15) is 5.82 Å². The van der Waals surface area contributed by atoms with Crippen LogP contribution >= 0.6 is 0 Å². The van der Waals surface area contributed by atoms with Crippen LogP contribution in [-0.2, 0) is 10.9 Å². The number of hydrogen-bond acceptors (Lipinski definition) is 4. The standard InChI is InChI=1S/C16H22F3N3O.C6H5F/c17-16(18,19)11-2-4-14-13(7-11)15-10(8-22-14)1-3-12(23-15)9-21-6-5-20;7-6-4-2-1-3-5-6/h2,4,7,10,12,15,21-22H,1,3,5-6,8-9,20H2;1-5H. The van der Waals surface area contributed by atoms with Gasteiger partial charge in [-0.2, -0.15) is 13.2 Å². The van der Waals surface area contributed by atoms with Crippen molar-refractivity contribution < 1.29 is 22.3 Å². The van der Waals surface area contributed by atoms with Crippen molar-refractivity contribution in [3.8, 4) is 0 Å². The van der Waals surface area contributed by atoms with Crippen LogP contribution in [-0.4, -0.2) is 32.3 Å². The molecule has 0 saturated carbocycles. The molecule has 0 spiro atoms. The summed E-state index contributed by atoms with van der Waals surface area (Å²) in [7, 11) is 0. The molecule has 3 atom stereocenters. The number of hydrogen-bond donors (Lipinski definition) is 3. The smallest absolute Gasteiger partial charge is 0.384 e. The Labute approximate surface area is 173 Å². The van der Waals surface area contributed by atoms with Crippen LogP contribution in [0.1, 0.15) is 30.1 Å². The van der Waals surface area contributed by atoms with Gasteiger partial charge in [-0.3, -0.25) is 0 Å². The minimum absolute atomic E-state index is 0.0169. The van der Waals surface area contributed by atoms with E-state index in [1.54, 1.807) is 18.2 Å². The Hall–Kier alpha value is -2.16. The molecule has 0 radical (unpaired) electrons. The Morgan fingerprint density at radius 3 is 2.50 bits per heavy atom. The minimum atomic E-state index is -4.33. The predicted octanol–water partition coefficient (Wildman–Crippen LogP) is 4.34. The zero-order valence-corrected chi connectivity index (χ0v) is 16.6. The molecule has 2 aliphatic rings. The summed E-state index contributed by atoms with van der Waals surface area (Å²) in [5, 5.41) is 6.44. The number of alkyl halides is 3. The first-order chi connectivity index (χ1) is 14.4. The third-order valence-corrected chi connectivity index (χ3v) is 5.29. The van der Waals surface area contributed by atoms with Gasteiger partial charge in [0, 0.05) is 43.3 Å². The lowest BCUT2D eigenvalue weighted by atomic mass is 9.83. The predicted molar refractivity (Wildman–Crippen MR) is 109 cm³/mol. The molecule has 0 amide bonds. The van der Waals surface area contributed by atoms with Crippen molar-refractivity contribution >= 4 is 5.69 Å². The lowest BCUT2D eigenvalue weighted by Crippen LogP contribution is -2.41. The molecular weight excluding hydrogens is 398 g/mol. The number of anilines is 1. The number of fused-ring (bicyclic) bond motifs is 3. The van der Waals surface area contributed by atoms with Crippen molar-refractivity contribution in [1.82, 2.24) is 5.32 Å². The third-order valence-electron chi connectivity index (χ3n) is 5.29. The topological polar surface area (TPSA) is 59.3 Å². The SMILES string of the molecule is Fc1ccccc1.NCCNCC1CCC2CNc3ccc(C(F)(F)F)cc3C2O1. The van der Waals surface area contributed by atoms with E-state index < -0.39 is 11.7 Å². The fourth-order valence-electron chi connectivity index (χ4n) is 3.78. The molecule has 4 rings (SSSR count). The summed E-state index contributed by atoms with van der Waals surface area (Å²) in [5.74, 6) is 0.0410. The fourth-order valence-corrected chi connectivity index (χ4v) is 3.78. The normalized spacial score (nSPS) is 22.8. The molecule has 4 nitrogen and oxygen atoms in total. The lowest BCUT2D eigenvalue weighted by molar-refractivity contribution is -0.137. The molecular formula is C22H27F4N3O. The second-order valence-electron chi connectivity index (χ2n) is 7.49. The first-order valence-corrected chi connectivity index (χ1v) is 10.1. The number of halogens is 4. The summed E-state index contributed by atoms with van der Waals surface area (Å²) in [5.41, 5.74) is 6.20. The van der Waals surface area contributed by atoms with Crippen molar-refractivity contribution in [2.45, 2.75) is 31.2 Å². The van der Waals surface area contributed by atoms with E-state index in [4.69, 9.17) is 10.5 Å². The highest BCUT2D eigenvalue weighted by atomic mass is 19.4. The summed E-state index contributed by atoms with van der Waals surface area (Å²) in [4.78, 5) is 0. The molecule has 1 saturated heterocycles.